The molecular weight excluding hydrogens is 340 g/mol. The average molecular weight is 362 g/mol. The van der Waals surface area contributed by atoms with Gasteiger partial charge in [-0.3, -0.25) is 0 Å². The SMILES string of the molecule is COc1nc(NC(C)C)nc(Oc2ccc(NC(=S)N(C)C)cc2)n1. The molecular formula is C16H22N6O2S. The van der Waals surface area contributed by atoms with Gasteiger partial charge in [-0.2, -0.15) is 9.97 Å². The molecule has 2 N–H and O–H groups in total. The minimum absolute atomic E-state index is 0.152. The molecule has 0 aliphatic carbocycles. The minimum atomic E-state index is 0.152. The molecule has 0 atom stereocenters. The van der Waals surface area contributed by atoms with E-state index in [2.05, 4.69) is 25.6 Å². The molecule has 0 saturated heterocycles. The first kappa shape index (κ1) is 18.7. The van der Waals surface area contributed by atoms with Crippen LogP contribution in [0.25, 0.3) is 0 Å². The second-order valence-electron chi connectivity index (χ2n) is 5.68. The van der Waals surface area contributed by atoms with Crippen LogP contribution < -0.4 is 20.1 Å². The van der Waals surface area contributed by atoms with Gasteiger partial charge in [-0.25, -0.2) is 0 Å². The fraction of sp³-hybridized carbons (Fsp3) is 0.375. The van der Waals surface area contributed by atoms with Gasteiger partial charge < -0.3 is 25.0 Å². The summed E-state index contributed by atoms with van der Waals surface area (Å²) >= 11 is 5.21. The molecule has 0 amide bonds. The Morgan fingerprint density at radius 2 is 1.72 bits per heavy atom. The third-order valence-corrected chi connectivity index (χ3v) is 3.38. The van der Waals surface area contributed by atoms with Crippen LogP contribution in [-0.4, -0.2) is 52.2 Å². The Labute approximate surface area is 152 Å². The highest BCUT2D eigenvalue weighted by Crippen LogP contribution is 2.22. The molecule has 0 saturated carbocycles. The number of hydrogen-bond donors (Lipinski definition) is 2. The molecule has 0 unspecified atom stereocenters. The topological polar surface area (TPSA) is 84.4 Å². The lowest BCUT2D eigenvalue weighted by molar-refractivity contribution is 0.360. The Morgan fingerprint density at radius 1 is 1.08 bits per heavy atom. The maximum atomic E-state index is 5.70. The Bertz CT molecular complexity index is 721. The molecule has 1 heterocycles. The van der Waals surface area contributed by atoms with Crippen LogP contribution in [0.15, 0.2) is 24.3 Å². The number of nitrogens with zero attached hydrogens (tertiary/aromatic N) is 4. The third kappa shape index (κ3) is 5.71. The molecule has 0 spiro atoms. The van der Waals surface area contributed by atoms with E-state index in [1.807, 2.05) is 45.0 Å². The Morgan fingerprint density at radius 3 is 2.28 bits per heavy atom. The number of anilines is 2. The molecule has 1 aromatic carbocycles. The highest BCUT2D eigenvalue weighted by molar-refractivity contribution is 7.80. The fourth-order valence-corrected chi connectivity index (χ4v) is 1.86. The second-order valence-corrected chi connectivity index (χ2v) is 6.07. The molecule has 0 fully saturated rings. The molecule has 25 heavy (non-hydrogen) atoms. The second kappa shape index (κ2) is 8.43. The van der Waals surface area contributed by atoms with Crippen LogP contribution in [0.4, 0.5) is 11.6 Å². The van der Waals surface area contributed by atoms with Crippen LogP contribution in [-0.2, 0) is 0 Å². The molecule has 0 aliphatic rings. The van der Waals surface area contributed by atoms with Crippen molar-refractivity contribution in [3.05, 3.63) is 24.3 Å². The summed E-state index contributed by atoms with van der Waals surface area (Å²) < 4.78 is 10.8. The molecule has 0 bridgehead atoms. The van der Waals surface area contributed by atoms with Crippen molar-refractivity contribution in [3.63, 3.8) is 0 Å². The monoisotopic (exact) mass is 362 g/mol. The zero-order chi connectivity index (χ0) is 18.4. The van der Waals surface area contributed by atoms with E-state index in [9.17, 15) is 0 Å². The Kier molecular flexibility index (Phi) is 6.29. The molecule has 2 aromatic rings. The number of methoxy groups -OCH3 is 1. The van der Waals surface area contributed by atoms with Crippen molar-refractivity contribution in [2.45, 2.75) is 19.9 Å². The summed E-state index contributed by atoms with van der Waals surface area (Å²) in [6, 6.07) is 7.82. The van der Waals surface area contributed by atoms with Crippen molar-refractivity contribution < 1.29 is 9.47 Å². The third-order valence-electron chi connectivity index (χ3n) is 2.92. The van der Waals surface area contributed by atoms with Gasteiger partial charge in [0.05, 0.1) is 7.11 Å². The lowest BCUT2D eigenvalue weighted by Gasteiger charge is -2.15. The molecule has 0 radical (unpaired) electrons. The van der Waals surface area contributed by atoms with Crippen LogP contribution in [0.2, 0.25) is 0 Å². The van der Waals surface area contributed by atoms with Gasteiger partial charge in [-0.05, 0) is 50.3 Å². The van der Waals surface area contributed by atoms with Gasteiger partial charge >= 0.3 is 12.0 Å². The summed E-state index contributed by atoms with van der Waals surface area (Å²) in [6.45, 7) is 3.97. The number of nitrogens with one attached hydrogen (secondary N) is 2. The summed E-state index contributed by atoms with van der Waals surface area (Å²) in [6.07, 6.45) is 0. The van der Waals surface area contributed by atoms with E-state index in [0.717, 1.165) is 5.69 Å². The molecule has 8 nitrogen and oxygen atoms in total. The van der Waals surface area contributed by atoms with E-state index in [0.29, 0.717) is 16.8 Å². The van der Waals surface area contributed by atoms with Gasteiger partial charge in [0.25, 0.3) is 0 Å². The van der Waals surface area contributed by atoms with E-state index in [1.165, 1.54) is 7.11 Å². The zero-order valence-electron chi connectivity index (χ0n) is 14.9. The number of rotatable bonds is 6. The maximum Gasteiger partial charge on any atom is 0.330 e. The van der Waals surface area contributed by atoms with Crippen molar-refractivity contribution in [1.82, 2.24) is 19.9 Å². The average Bonchev–Trinajstić information content (AvgIpc) is 2.55. The highest BCUT2D eigenvalue weighted by atomic mass is 32.1. The Balaban J connectivity index is 2.12. The quantitative estimate of drug-likeness (QED) is 0.753. The van der Waals surface area contributed by atoms with Crippen LogP contribution in [0.1, 0.15) is 13.8 Å². The van der Waals surface area contributed by atoms with Gasteiger partial charge in [0.1, 0.15) is 5.75 Å². The summed E-state index contributed by atoms with van der Waals surface area (Å²) in [5.74, 6) is 0.983. The van der Waals surface area contributed by atoms with E-state index in [4.69, 9.17) is 21.7 Å². The van der Waals surface area contributed by atoms with Crippen molar-refractivity contribution in [1.29, 1.82) is 0 Å². The lowest BCUT2D eigenvalue weighted by atomic mass is 10.3. The smallest absolute Gasteiger partial charge is 0.330 e. The van der Waals surface area contributed by atoms with Crippen molar-refractivity contribution in [2.75, 3.05) is 31.8 Å². The normalized spacial score (nSPS) is 10.3. The molecule has 9 heteroatoms. The van der Waals surface area contributed by atoms with E-state index in [-0.39, 0.29) is 18.1 Å². The van der Waals surface area contributed by atoms with Crippen molar-refractivity contribution in [2.24, 2.45) is 0 Å². The first-order valence-corrected chi connectivity index (χ1v) is 8.11. The number of ether oxygens (including phenoxy) is 2. The Hall–Kier alpha value is -2.68. The largest absolute Gasteiger partial charge is 0.467 e. The minimum Gasteiger partial charge on any atom is -0.467 e. The van der Waals surface area contributed by atoms with Gasteiger partial charge in [0, 0.05) is 25.8 Å². The number of aromatic nitrogens is 3. The van der Waals surface area contributed by atoms with Gasteiger partial charge in [0.15, 0.2) is 5.11 Å². The summed E-state index contributed by atoms with van der Waals surface area (Å²) in [5, 5.41) is 6.83. The van der Waals surface area contributed by atoms with Crippen LogP contribution in [0.3, 0.4) is 0 Å². The van der Waals surface area contributed by atoms with Gasteiger partial charge in [-0.1, -0.05) is 0 Å². The molecule has 2 rings (SSSR count). The molecule has 0 aliphatic heterocycles. The zero-order valence-corrected chi connectivity index (χ0v) is 15.7. The first-order valence-electron chi connectivity index (χ1n) is 7.70. The van der Waals surface area contributed by atoms with Crippen LogP contribution in [0, 0.1) is 0 Å². The van der Waals surface area contributed by atoms with Crippen LogP contribution in [0.5, 0.6) is 17.8 Å². The number of hydrogen-bond acceptors (Lipinski definition) is 7. The maximum absolute atomic E-state index is 5.70. The standard InChI is InChI=1S/C16H22N6O2S/c1-10(2)17-13-19-14(23-5)21-15(20-13)24-12-8-6-11(7-9-12)18-16(25)22(3)4/h6-10H,1-5H3,(H,18,25)(H,17,19,20,21). The van der Waals surface area contributed by atoms with E-state index in [1.54, 1.807) is 12.1 Å². The summed E-state index contributed by atoms with van der Waals surface area (Å²) in [4.78, 5) is 14.3. The van der Waals surface area contributed by atoms with Gasteiger partial charge in [0.2, 0.25) is 5.95 Å². The summed E-state index contributed by atoms with van der Waals surface area (Å²) in [5.41, 5.74) is 0.862. The fourth-order valence-electron chi connectivity index (χ4n) is 1.74. The highest BCUT2D eigenvalue weighted by Gasteiger charge is 2.10. The lowest BCUT2D eigenvalue weighted by Crippen LogP contribution is -2.26. The number of thiocarbonyl (C=S) groups is 1. The van der Waals surface area contributed by atoms with E-state index < -0.39 is 0 Å². The van der Waals surface area contributed by atoms with Crippen LogP contribution >= 0.6 is 12.2 Å². The van der Waals surface area contributed by atoms with Crippen molar-refractivity contribution in [3.8, 4) is 17.8 Å². The van der Waals surface area contributed by atoms with Crippen molar-refractivity contribution >= 4 is 29.0 Å². The summed E-state index contributed by atoms with van der Waals surface area (Å²) in [7, 11) is 5.25. The molecule has 134 valence electrons. The van der Waals surface area contributed by atoms with E-state index >= 15 is 0 Å². The number of benzene rings is 1. The molecule has 1 aromatic heterocycles. The van der Waals surface area contributed by atoms with Gasteiger partial charge in [-0.15, -0.1) is 4.98 Å². The predicted molar refractivity (Wildman–Crippen MR) is 102 cm³/mol. The first-order chi connectivity index (χ1) is 11.9. The predicted octanol–water partition coefficient (Wildman–Crippen LogP) is 2.75.